The third-order valence-corrected chi connectivity index (χ3v) is 8.48. The summed E-state index contributed by atoms with van der Waals surface area (Å²) in [5.74, 6) is -4.58. The maximum atomic E-state index is 13.8. The van der Waals surface area contributed by atoms with Crippen LogP contribution in [0.15, 0.2) is 24.3 Å². The van der Waals surface area contributed by atoms with Gasteiger partial charge in [0.25, 0.3) is 11.8 Å². The molecule has 0 unspecified atom stereocenters. The number of carbonyl (C=O) groups excluding carboxylic acids is 5. The second kappa shape index (κ2) is 11.6. The van der Waals surface area contributed by atoms with Crippen LogP contribution in [0, 0.1) is 17.8 Å². The molecule has 4 N–H and O–H groups in total. The molecule has 0 bridgehead atoms. The highest BCUT2D eigenvalue weighted by Crippen LogP contribution is 2.43. The number of nitrogens with zero attached hydrogens (tertiary/aromatic N) is 1. The van der Waals surface area contributed by atoms with Gasteiger partial charge in [-0.3, -0.25) is 24.0 Å². The van der Waals surface area contributed by atoms with Crippen molar-refractivity contribution in [3.05, 3.63) is 30.0 Å². The molecule has 1 aromatic heterocycles. The van der Waals surface area contributed by atoms with Gasteiger partial charge in [0.15, 0.2) is 0 Å². The van der Waals surface area contributed by atoms with Gasteiger partial charge in [-0.15, -0.1) is 0 Å². The second-order valence-electron chi connectivity index (χ2n) is 11.1. The molecule has 0 radical (unpaired) electrons. The lowest BCUT2D eigenvalue weighted by atomic mass is 9.91. The van der Waals surface area contributed by atoms with Crippen LogP contribution in [-0.2, 0) is 19.2 Å². The fraction of sp³-hybridized carbons (Fsp3) is 0.536. The maximum Gasteiger partial charge on any atom is 0.405 e. The number of H-pyrrole nitrogens is 1. The number of ether oxygens (including phenoxy) is 1. The highest BCUT2D eigenvalue weighted by Gasteiger charge is 2.50. The van der Waals surface area contributed by atoms with Gasteiger partial charge < -0.3 is 30.6 Å². The summed E-state index contributed by atoms with van der Waals surface area (Å²) in [6.07, 6.45) is -2.33. The number of alkyl halides is 3. The van der Waals surface area contributed by atoms with E-state index in [9.17, 15) is 37.1 Å². The third kappa shape index (κ3) is 5.93. The minimum atomic E-state index is -4.74. The molecule has 1 saturated carbocycles. The zero-order valence-corrected chi connectivity index (χ0v) is 22.9. The standard InChI is InChI=1S/C28H32F3N5O6/c1-42-21-7-3-6-18-17(21)11-20(34-18)27(41)36-12-15-4-2-5-16(15)22(36)25(39)35-19(10-14-8-9-32-24(14)38)23(37)26(40)33-13-28(29,30)31/h3,6-7,11,14-16,19,22,34H,2,4-5,8-10,12-13H2,1H3,(H,32,38)(H,33,40)(H,35,39)/t14-,15-,16-,19-,22-/m0/s1. The summed E-state index contributed by atoms with van der Waals surface area (Å²) in [6, 6.07) is 4.45. The van der Waals surface area contributed by atoms with Gasteiger partial charge in [-0.25, -0.2) is 0 Å². The molecule has 5 rings (SSSR count). The van der Waals surface area contributed by atoms with E-state index >= 15 is 0 Å². The fourth-order valence-electron chi connectivity index (χ4n) is 6.49. The molecular formula is C28H32F3N5O6. The third-order valence-electron chi connectivity index (χ3n) is 8.48. The van der Waals surface area contributed by atoms with Crippen LogP contribution in [0.25, 0.3) is 10.9 Å². The molecular weight excluding hydrogens is 559 g/mol. The van der Waals surface area contributed by atoms with Crippen molar-refractivity contribution >= 4 is 40.3 Å². The number of benzene rings is 1. The number of methoxy groups -OCH3 is 1. The molecule has 3 fully saturated rings. The summed E-state index contributed by atoms with van der Waals surface area (Å²) < 4.78 is 43.4. The minimum Gasteiger partial charge on any atom is -0.496 e. The minimum absolute atomic E-state index is 0.0495. The Bertz CT molecular complexity index is 1410. The average Bonchev–Trinajstić information content (AvgIpc) is 3.73. The van der Waals surface area contributed by atoms with E-state index in [2.05, 4.69) is 15.6 Å². The lowest BCUT2D eigenvalue weighted by Crippen LogP contribution is -2.55. The molecule has 1 aliphatic carbocycles. The number of hydrogen-bond acceptors (Lipinski definition) is 6. The molecule has 11 nitrogen and oxygen atoms in total. The molecule has 3 aliphatic rings. The van der Waals surface area contributed by atoms with Crippen molar-refractivity contribution in [3.63, 3.8) is 0 Å². The molecule has 4 amide bonds. The van der Waals surface area contributed by atoms with E-state index in [4.69, 9.17) is 4.74 Å². The summed E-state index contributed by atoms with van der Waals surface area (Å²) in [5.41, 5.74) is 0.914. The van der Waals surface area contributed by atoms with Crippen molar-refractivity contribution in [1.29, 1.82) is 0 Å². The van der Waals surface area contributed by atoms with Gasteiger partial charge in [0.2, 0.25) is 17.6 Å². The number of fused-ring (bicyclic) bond motifs is 2. The van der Waals surface area contributed by atoms with E-state index in [1.165, 1.54) is 12.0 Å². The number of rotatable bonds is 9. The van der Waals surface area contributed by atoms with Crippen LogP contribution in [0.4, 0.5) is 13.2 Å². The molecule has 42 heavy (non-hydrogen) atoms. The Morgan fingerprint density at radius 3 is 2.64 bits per heavy atom. The van der Waals surface area contributed by atoms with Crippen LogP contribution in [-0.4, -0.2) is 84.3 Å². The van der Waals surface area contributed by atoms with Crippen LogP contribution in [0.2, 0.25) is 0 Å². The number of aromatic amines is 1. The first-order valence-electron chi connectivity index (χ1n) is 13.9. The van der Waals surface area contributed by atoms with Crippen molar-refractivity contribution < 1.29 is 41.9 Å². The Morgan fingerprint density at radius 1 is 1.17 bits per heavy atom. The molecule has 14 heteroatoms. The van der Waals surface area contributed by atoms with Crippen molar-refractivity contribution in [3.8, 4) is 5.75 Å². The van der Waals surface area contributed by atoms with Gasteiger partial charge in [0.1, 0.15) is 24.0 Å². The number of halogens is 3. The molecule has 2 aliphatic heterocycles. The number of aromatic nitrogens is 1. The van der Waals surface area contributed by atoms with Gasteiger partial charge in [-0.2, -0.15) is 13.2 Å². The molecule has 2 aromatic rings. The first kappa shape index (κ1) is 29.4. The van der Waals surface area contributed by atoms with E-state index < -0.39 is 54.2 Å². The van der Waals surface area contributed by atoms with Crippen LogP contribution in [0.5, 0.6) is 5.75 Å². The molecule has 5 atom stereocenters. The van der Waals surface area contributed by atoms with Crippen LogP contribution >= 0.6 is 0 Å². The Labute approximate surface area is 238 Å². The number of ketones is 1. The molecule has 2 saturated heterocycles. The smallest absolute Gasteiger partial charge is 0.405 e. The Kier molecular flexibility index (Phi) is 8.15. The van der Waals surface area contributed by atoms with Crippen LogP contribution < -0.4 is 20.7 Å². The topological polar surface area (TPSA) is 150 Å². The summed E-state index contributed by atoms with van der Waals surface area (Å²) in [5, 5.41) is 7.39. The number of likely N-dealkylation sites (tertiary alicyclic amines) is 1. The lowest BCUT2D eigenvalue weighted by molar-refractivity contribution is -0.147. The van der Waals surface area contributed by atoms with Gasteiger partial charge >= 0.3 is 6.18 Å². The maximum absolute atomic E-state index is 13.8. The number of amides is 4. The van der Waals surface area contributed by atoms with Crippen molar-refractivity contribution in [1.82, 2.24) is 25.8 Å². The van der Waals surface area contributed by atoms with E-state index in [-0.39, 0.29) is 29.9 Å². The van der Waals surface area contributed by atoms with E-state index in [0.29, 0.717) is 42.6 Å². The average molecular weight is 592 g/mol. The predicted molar refractivity (Wildman–Crippen MR) is 142 cm³/mol. The Hall–Kier alpha value is -4.10. The highest BCUT2D eigenvalue weighted by atomic mass is 19.4. The first-order chi connectivity index (χ1) is 20.0. The van der Waals surface area contributed by atoms with Crippen molar-refractivity contribution in [2.45, 2.75) is 50.4 Å². The summed E-state index contributed by atoms with van der Waals surface area (Å²) in [6.45, 7) is -1.07. The largest absolute Gasteiger partial charge is 0.496 e. The van der Waals surface area contributed by atoms with E-state index in [1.807, 2.05) is 0 Å². The highest BCUT2D eigenvalue weighted by molar-refractivity contribution is 6.38. The lowest BCUT2D eigenvalue weighted by Gasteiger charge is -2.29. The van der Waals surface area contributed by atoms with Gasteiger partial charge in [-0.05, 0) is 55.7 Å². The quantitative estimate of drug-likeness (QED) is 0.326. The van der Waals surface area contributed by atoms with Crippen LogP contribution in [0.3, 0.4) is 0 Å². The van der Waals surface area contributed by atoms with Crippen molar-refractivity contribution in [2.75, 3.05) is 26.7 Å². The summed E-state index contributed by atoms with van der Waals surface area (Å²) in [7, 11) is 1.52. The van der Waals surface area contributed by atoms with E-state index in [0.717, 1.165) is 12.8 Å². The SMILES string of the molecule is COc1cccc2[nH]c(C(=O)N3C[C@@H]4CCC[C@@H]4[C@H]3C(=O)N[C@@H](C[C@@H]3CCNC3=O)C(=O)C(=O)NCC(F)(F)F)cc12. The summed E-state index contributed by atoms with van der Waals surface area (Å²) in [4.78, 5) is 69.7. The van der Waals surface area contributed by atoms with Crippen molar-refractivity contribution in [2.24, 2.45) is 17.8 Å². The van der Waals surface area contributed by atoms with Crippen LogP contribution in [0.1, 0.15) is 42.6 Å². The normalized spacial score (nSPS) is 24.3. The fourth-order valence-corrected chi connectivity index (χ4v) is 6.49. The molecule has 226 valence electrons. The predicted octanol–water partition coefficient (Wildman–Crippen LogP) is 1.68. The molecule has 0 spiro atoms. The Balaban J connectivity index is 1.39. The number of hydrogen-bond donors (Lipinski definition) is 4. The second-order valence-corrected chi connectivity index (χ2v) is 11.1. The first-order valence-corrected chi connectivity index (χ1v) is 13.9. The number of carbonyl (C=O) groups is 5. The van der Waals surface area contributed by atoms with Gasteiger partial charge in [-0.1, -0.05) is 12.5 Å². The zero-order chi connectivity index (χ0) is 30.2. The number of nitrogens with one attached hydrogen (secondary N) is 4. The van der Waals surface area contributed by atoms with Gasteiger partial charge in [0.05, 0.1) is 13.2 Å². The molecule has 1 aromatic carbocycles. The summed E-state index contributed by atoms with van der Waals surface area (Å²) >= 11 is 0. The zero-order valence-electron chi connectivity index (χ0n) is 22.9. The Morgan fingerprint density at radius 2 is 1.95 bits per heavy atom. The monoisotopic (exact) mass is 591 g/mol. The van der Waals surface area contributed by atoms with Gasteiger partial charge in [0, 0.05) is 29.9 Å². The number of Topliss-reactive ketones (excluding diaryl/α,β-unsaturated/α-hetero) is 1. The van der Waals surface area contributed by atoms with E-state index in [1.54, 1.807) is 29.6 Å². The molecule has 3 heterocycles.